The number of carbonyl (C=O) groups excluding carboxylic acids is 1. The van der Waals surface area contributed by atoms with Gasteiger partial charge in [-0.1, -0.05) is 20.8 Å². The van der Waals surface area contributed by atoms with Crippen LogP contribution in [-0.2, 0) is 0 Å². The van der Waals surface area contributed by atoms with Crippen molar-refractivity contribution in [2.75, 3.05) is 6.54 Å². The molecule has 25 heavy (non-hydrogen) atoms. The van der Waals surface area contributed by atoms with Crippen LogP contribution < -0.4 is 10.1 Å². The van der Waals surface area contributed by atoms with Crippen LogP contribution in [0, 0.1) is 11.3 Å². The highest BCUT2D eigenvalue weighted by molar-refractivity contribution is 5.94. The molecule has 0 spiro atoms. The van der Waals surface area contributed by atoms with Crippen LogP contribution in [0.25, 0.3) is 0 Å². The van der Waals surface area contributed by atoms with Crippen molar-refractivity contribution in [3.8, 4) is 5.75 Å². The average molecular weight is 355 g/mol. The molecule has 1 aliphatic carbocycles. The lowest BCUT2D eigenvalue weighted by atomic mass is 9.68. The fourth-order valence-electron chi connectivity index (χ4n) is 3.33. The number of rotatable bonds is 5. The first kappa shape index (κ1) is 19.6. The van der Waals surface area contributed by atoms with E-state index in [-0.39, 0.29) is 23.6 Å². The van der Waals surface area contributed by atoms with Gasteiger partial charge < -0.3 is 15.2 Å². The molecule has 1 aromatic rings. The van der Waals surface area contributed by atoms with E-state index in [0.717, 1.165) is 12.8 Å². The van der Waals surface area contributed by atoms with Gasteiger partial charge >= 0.3 is 6.61 Å². The normalized spacial score (nSPS) is 24.2. The van der Waals surface area contributed by atoms with Crippen LogP contribution in [0.4, 0.5) is 8.78 Å². The van der Waals surface area contributed by atoms with Gasteiger partial charge in [0.25, 0.3) is 5.91 Å². The fourth-order valence-corrected chi connectivity index (χ4v) is 3.33. The predicted molar refractivity (Wildman–Crippen MR) is 91.8 cm³/mol. The van der Waals surface area contributed by atoms with Gasteiger partial charge in [0.05, 0.1) is 5.60 Å². The van der Waals surface area contributed by atoms with Crippen LogP contribution in [0.1, 0.15) is 56.8 Å². The highest BCUT2D eigenvalue weighted by Gasteiger charge is 2.37. The van der Waals surface area contributed by atoms with Crippen molar-refractivity contribution in [2.45, 2.75) is 58.7 Å². The lowest BCUT2D eigenvalue weighted by Crippen LogP contribution is -2.46. The topological polar surface area (TPSA) is 58.6 Å². The van der Waals surface area contributed by atoms with Gasteiger partial charge in [-0.15, -0.1) is 0 Å². The Morgan fingerprint density at radius 2 is 1.84 bits per heavy atom. The van der Waals surface area contributed by atoms with Crippen molar-refractivity contribution in [3.63, 3.8) is 0 Å². The SMILES string of the molecule is CC(C)(C)C1CCC(O)(CNC(=O)c2ccc(OC(F)F)cc2)CC1. The Labute approximate surface area is 147 Å². The second kappa shape index (κ2) is 7.68. The summed E-state index contributed by atoms with van der Waals surface area (Å²) in [6, 6.07) is 5.50. The van der Waals surface area contributed by atoms with Gasteiger partial charge in [-0.05, 0) is 61.3 Å². The molecule has 0 aliphatic heterocycles. The van der Waals surface area contributed by atoms with E-state index in [4.69, 9.17) is 0 Å². The third-order valence-electron chi connectivity index (χ3n) is 5.06. The van der Waals surface area contributed by atoms with Crippen LogP contribution in [0.3, 0.4) is 0 Å². The zero-order valence-electron chi connectivity index (χ0n) is 15.0. The number of ether oxygens (including phenoxy) is 1. The molecule has 140 valence electrons. The Morgan fingerprint density at radius 1 is 1.28 bits per heavy atom. The Hall–Kier alpha value is -1.69. The fraction of sp³-hybridized carbons (Fsp3) is 0.632. The van der Waals surface area contributed by atoms with Crippen LogP contribution in [0.5, 0.6) is 5.75 Å². The summed E-state index contributed by atoms with van der Waals surface area (Å²) < 4.78 is 28.5. The van der Waals surface area contributed by atoms with Gasteiger partial charge in [-0.25, -0.2) is 0 Å². The van der Waals surface area contributed by atoms with Crippen molar-refractivity contribution in [2.24, 2.45) is 11.3 Å². The van der Waals surface area contributed by atoms with E-state index in [1.54, 1.807) is 0 Å². The van der Waals surface area contributed by atoms with Gasteiger partial charge in [0.15, 0.2) is 0 Å². The minimum atomic E-state index is -2.89. The molecule has 0 aromatic heterocycles. The van der Waals surface area contributed by atoms with E-state index in [0.29, 0.717) is 24.3 Å². The van der Waals surface area contributed by atoms with Crippen molar-refractivity contribution >= 4 is 5.91 Å². The van der Waals surface area contributed by atoms with Crippen LogP contribution in [0.15, 0.2) is 24.3 Å². The zero-order valence-corrected chi connectivity index (χ0v) is 15.0. The highest BCUT2D eigenvalue weighted by Crippen LogP contribution is 2.41. The Morgan fingerprint density at radius 3 is 2.32 bits per heavy atom. The third kappa shape index (κ3) is 5.66. The lowest BCUT2D eigenvalue weighted by molar-refractivity contribution is -0.0498. The summed E-state index contributed by atoms with van der Waals surface area (Å²) in [4.78, 5) is 12.2. The Kier molecular flexibility index (Phi) is 6.03. The van der Waals surface area contributed by atoms with E-state index in [1.807, 2.05) is 0 Å². The van der Waals surface area contributed by atoms with Crippen molar-refractivity contribution in [3.05, 3.63) is 29.8 Å². The first-order chi connectivity index (χ1) is 11.6. The van der Waals surface area contributed by atoms with Crippen LogP contribution in [-0.4, -0.2) is 29.8 Å². The van der Waals surface area contributed by atoms with Crippen molar-refractivity contribution < 1.29 is 23.4 Å². The maximum Gasteiger partial charge on any atom is 0.387 e. The zero-order chi connectivity index (χ0) is 18.7. The summed E-state index contributed by atoms with van der Waals surface area (Å²) in [7, 11) is 0. The van der Waals surface area contributed by atoms with Crippen molar-refractivity contribution in [1.82, 2.24) is 5.32 Å². The quantitative estimate of drug-likeness (QED) is 0.840. The van der Waals surface area contributed by atoms with Gasteiger partial charge in [-0.3, -0.25) is 4.79 Å². The highest BCUT2D eigenvalue weighted by atomic mass is 19.3. The molecular weight excluding hydrogens is 328 g/mol. The molecule has 0 heterocycles. The van der Waals surface area contributed by atoms with E-state index in [1.165, 1.54) is 24.3 Å². The molecule has 2 rings (SSSR count). The van der Waals surface area contributed by atoms with Gasteiger partial charge in [0.1, 0.15) is 5.75 Å². The largest absolute Gasteiger partial charge is 0.435 e. The molecule has 4 nitrogen and oxygen atoms in total. The maximum atomic E-state index is 12.2. The number of nitrogens with one attached hydrogen (secondary N) is 1. The first-order valence-corrected chi connectivity index (χ1v) is 8.64. The number of carbonyl (C=O) groups is 1. The number of halogens is 2. The Bertz CT molecular complexity index is 573. The molecule has 1 aliphatic rings. The number of alkyl halides is 2. The van der Waals surface area contributed by atoms with Crippen LogP contribution >= 0.6 is 0 Å². The summed E-state index contributed by atoms with van der Waals surface area (Å²) in [6.45, 7) is 3.94. The van der Waals surface area contributed by atoms with Crippen molar-refractivity contribution in [1.29, 1.82) is 0 Å². The molecule has 1 saturated carbocycles. The molecule has 1 amide bonds. The van der Waals surface area contributed by atoms with Gasteiger partial charge in [0.2, 0.25) is 0 Å². The predicted octanol–water partition coefficient (Wildman–Crippen LogP) is 3.99. The molecule has 6 heteroatoms. The summed E-state index contributed by atoms with van der Waals surface area (Å²) in [5.74, 6) is 0.242. The van der Waals surface area contributed by atoms with Gasteiger partial charge in [0, 0.05) is 12.1 Å². The molecule has 0 saturated heterocycles. The minimum Gasteiger partial charge on any atom is -0.435 e. The van der Waals surface area contributed by atoms with E-state index >= 15 is 0 Å². The summed E-state index contributed by atoms with van der Waals surface area (Å²) >= 11 is 0. The standard InChI is InChI=1S/C19H27F2NO3/c1-18(2,3)14-8-10-19(24,11-9-14)12-22-16(23)13-4-6-15(7-5-13)25-17(20)21/h4-7,14,17,24H,8-12H2,1-3H3,(H,22,23). The number of benzene rings is 1. The summed E-state index contributed by atoms with van der Waals surface area (Å²) in [6.07, 6.45) is 3.21. The molecule has 2 N–H and O–H groups in total. The van der Waals surface area contributed by atoms with Crippen LogP contribution in [0.2, 0.25) is 0 Å². The molecule has 0 radical (unpaired) electrons. The number of hydrogen-bond donors (Lipinski definition) is 2. The molecule has 1 aromatic carbocycles. The summed E-state index contributed by atoms with van der Waals surface area (Å²) in [5.41, 5.74) is -0.309. The second-order valence-electron chi connectivity index (χ2n) is 7.95. The Balaban J connectivity index is 1.85. The number of aliphatic hydroxyl groups is 1. The number of amides is 1. The smallest absolute Gasteiger partial charge is 0.387 e. The third-order valence-corrected chi connectivity index (χ3v) is 5.06. The molecule has 0 bridgehead atoms. The molecule has 1 fully saturated rings. The van der Waals surface area contributed by atoms with E-state index in [2.05, 4.69) is 30.8 Å². The average Bonchev–Trinajstić information content (AvgIpc) is 2.52. The van der Waals surface area contributed by atoms with Gasteiger partial charge in [-0.2, -0.15) is 8.78 Å². The monoisotopic (exact) mass is 355 g/mol. The molecule has 0 unspecified atom stereocenters. The molecule has 0 atom stereocenters. The van der Waals surface area contributed by atoms with E-state index in [9.17, 15) is 18.7 Å². The lowest BCUT2D eigenvalue weighted by Gasteiger charge is -2.41. The second-order valence-corrected chi connectivity index (χ2v) is 7.95. The number of hydrogen-bond acceptors (Lipinski definition) is 3. The maximum absolute atomic E-state index is 12.2. The first-order valence-electron chi connectivity index (χ1n) is 8.64. The minimum absolute atomic E-state index is 0.00526. The van der Waals surface area contributed by atoms with E-state index < -0.39 is 12.2 Å². The summed E-state index contributed by atoms with van der Waals surface area (Å²) in [5, 5.41) is 13.4. The molecular formula is C19H27F2NO3.